The van der Waals surface area contributed by atoms with Crippen molar-refractivity contribution in [2.24, 2.45) is 5.92 Å². The molecule has 0 unspecified atom stereocenters. The first-order valence-corrected chi connectivity index (χ1v) is 9.13. The first-order valence-electron chi connectivity index (χ1n) is 8.75. The molecule has 1 N–H and O–H groups in total. The summed E-state index contributed by atoms with van der Waals surface area (Å²) in [4.78, 5) is 2.28. The molecule has 0 aliphatic carbocycles. The molecule has 1 heterocycles. The molecule has 1 aliphatic rings. The van der Waals surface area contributed by atoms with Gasteiger partial charge in [0.1, 0.15) is 0 Å². The SMILES string of the molecule is C=C(O)CC(=C)N1CCC(Cc2ccc(Cl)cc2C(C)(C)C)CC1. The molecule has 0 amide bonds. The minimum absolute atomic E-state index is 0.108. The zero-order chi connectivity index (χ0) is 17.9. The summed E-state index contributed by atoms with van der Waals surface area (Å²) in [5, 5.41) is 10.2. The van der Waals surface area contributed by atoms with Gasteiger partial charge in [-0.3, -0.25) is 0 Å². The highest BCUT2D eigenvalue weighted by Crippen LogP contribution is 2.32. The van der Waals surface area contributed by atoms with Gasteiger partial charge in [-0.1, -0.05) is 51.6 Å². The van der Waals surface area contributed by atoms with Crippen molar-refractivity contribution in [3.05, 3.63) is 59.0 Å². The number of likely N-dealkylation sites (tertiary alicyclic amines) is 1. The Kier molecular flexibility index (Phi) is 6.03. The van der Waals surface area contributed by atoms with Crippen LogP contribution in [0.25, 0.3) is 0 Å². The Morgan fingerprint density at radius 2 is 1.88 bits per heavy atom. The Balaban J connectivity index is 2.00. The quantitative estimate of drug-likeness (QED) is 0.673. The lowest BCUT2D eigenvalue weighted by atomic mass is 9.80. The van der Waals surface area contributed by atoms with Gasteiger partial charge in [0.2, 0.25) is 0 Å². The van der Waals surface area contributed by atoms with Crippen LogP contribution in [0.3, 0.4) is 0 Å². The molecular formula is C21H30ClNO. The molecule has 2 rings (SSSR count). The van der Waals surface area contributed by atoms with E-state index in [1.54, 1.807) is 0 Å². The number of aliphatic hydroxyl groups excluding tert-OH is 1. The Hall–Kier alpha value is -1.41. The number of nitrogens with zero attached hydrogens (tertiary/aromatic N) is 1. The van der Waals surface area contributed by atoms with Crippen molar-refractivity contribution in [1.29, 1.82) is 0 Å². The normalized spacial score (nSPS) is 16.2. The molecular weight excluding hydrogens is 318 g/mol. The van der Waals surface area contributed by atoms with E-state index in [4.69, 9.17) is 11.6 Å². The smallest absolute Gasteiger partial charge is 0.0909 e. The predicted molar refractivity (Wildman–Crippen MR) is 104 cm³/mol. The summed E-state index contributed by atoms with van der Waals surface area (Å²) in [6.45, 7) is 16.4. The van der Waals surface area contributed by atoms with Crippen LogP contribution in [0.4, 0.5) is 0 Å². The van der Waals surface area contributed by atoms with Crippen LogP contribution in [-0.4, -0.2) is 23.1 Å². The second-order valence-corrected chi connectivity index (χ2v) is 8.43. The maximum absolute atomic E-state index is 9.34. The van der Waals surface area contributed by atoms with E-state index in [1.165, 1.54) is 11.1 Å². The molecule has 0 bridgehead atoms. The average molecular weight is 348 g/mol. The van der Waals surface area contributed by atoms with Gasteiger partial charge in [0.15, 0.2) is 0 Å². The number of aliphatic hydroxyl groups is 1. The summed E-state index contributed by atoms with van der Waals surface area (Å²) in [7, 11) is 0. The number of halogens is 1. The Labute approximate surface area is 151 Å². The summed E-state index contributed by atoms with van der Waals surface area (Å²) in [6, 6.07) is 6.33. The van der Waals surface area contributed by atoms with Gasteiger partial charge in [-0.15, -0.1) is 0 Å². The van der Waals surface area contributed by atoms with Crippen LogP contribution in [0.15, 0.2) is 42.8 Å². The Bertz CT molecular complexity index is 607. The minimum atomic E-state index is 0.108. The van der Waals surface area contributed by atoms with Crippen LogP contribution in [0.2, 0.25) is 5.02 Å². The third kappa shape index (κ3) is 5.04. The highest BCUT2D eigenvalue weighted by Gasteiger charge is 2.24. The minimum Gasteiger partial charge on any atom is -0.513 e. The molecule has 0 aromatic heterocycles. The van der Waals surface area contributed by atoms with Gasteiger partial charge in [-0.05, 0) is 53.9 Å². The molecule has 24 heavy (non-hydrogen) atoms. The van der Waals surface area contributed by atoms with Gasteiger partial charge in [-0.2, -0.15) is 0 Å². The van der Waals surface area contributed by atoms with Gasteiger partial charge in [-0.25, -0.2) is 0 Å². The maximum atomic E-state index is 9.34. The number of benzene rings is 1. The van der Waals surface area contributed by atoms with Gasteiger partial charge < -0.3 is 10.0 Å². The topological polar surface area (TPSA) is 23.5 Å². The van der Waals surface area contributed by atoms with E-state index in [0.29, 0.717) is 12.3 Å². The molecule has 0 atom stereocenters. The van der Waals surface area contributed by atoms with Crippen molar-refractivity contribution < 1.29 is 5.11 Å². The van der Waals surface area contributed by atoms with Crippen molar-refractivity contribution in [3.63, 3.8) is 0 Å². The largest absolute Gasteiger partial charge is 0.513 e. The Morgan fingerprint density at radius 1 is 1.25 bits per heavy atom. The number of rotatable bonds is 5. The van der Waals surface area contributed by atoms with Crippen molar-refractivity contribution >= 4 is 11.6 Å². The van der Waals surface area contributed by atoms with Crippen LogP contribution < -0.4 is 0 Å². The van der Waals surface area contributed by atoms with Gasteiger partial charge >= 0.3 is 0 Å². The molecule has 0 radical (unpaired) electrons. The average Bonchev–Trinajstić information content (AvgIpc) is 2.48. The summed E-state index contributed by atoms with van der Waals surface area (Å²) < 4.78 is 0. The van der Waals surface area contributed by atoms with Crippen molar-refractivity contribution in [3.8, 4) is 0 Å². The van der Waals surface area contributed by atoms with Crippen molar-refractivity contribution in [2.75, 3.05) is 13.1 Å². The summed E-state index contributed by atoms with van der Waals surface area (Å²) in [5.74, 6) is 0.881. The van der Waals surface area contributed by atoms with Crippen LogP contribution in [0.5, 0.6) is 0 Å². The monoisotopic (exact) mass is 347 g/mol. The van der Waals surface area contributed by atoms with E-state index in [-0.39, 0.29) is 11.2 Å². The first kappa shape index (κ1) is 18.9. The van der Waals surface area contributed by atoms with Gasteiger partial charge in [0.05, 0.1) is 5.76 Å². The Morgan fingerprint density at radius 3 is 2.42 bits per heavy atom. The zero-order valence-electron chi connectivity index (χ0n) is 15.2. The van der Waals surface area contributed by atoms with Crippen molar-refractivity contribution in [2.45, 2.75) is 51.9 Å². The lowest BCUT2D eigenvalue weighted by molar-refractivity contribution is 0.218. The van der Waals surface area contributed by atoms with Crippen LogP contribution in [0, 0.1) is 5.92 Å². The molecule has 2 nitrogen and oxygen atoms in total. The molecule has 132 valence electrons. The summed E-state index contributed by atoms with van der Waals surface area (Å²) in [6.07, 6.45) is 3.90. The van der Waals surface area contributed by atoms with Crippen molar-refractivity contribution in [1.82, 2.24) is 4.90 Å². The highest BCUT2D eigenvalue weighted by molar-refractivity contribution is 6.30. The molecule has 0 spiro atoms. The number of hydrogen-bond donors (Lipinski definition) is 1. The second kappa shape index (κ2) is 7.65. The van der Waals surface area contributed by atoms with Gasteiger partial charge in [0.25, 0.3) is 0 Å². The van der Waals surface area contributed by atoms with E-state index in [2.05, 4.69) is 51.0 Å². The van der Waals surface area contributed by atoms with E-state index >= 15 is 0 Å². The summed E-state index contributed by atoms with van der Waals surface area (Å²) in [5.41, 5.74) is 3.87. The first-order chi connectivity index (χ1) is 11.2. The fourth-order valence-electron chi connectivity index (χ4n) is 3.54. The van der Waals surface area contributed by atoms with Crippen LogP contribution in [0.1, 0.15) is 51.2 Å². The lowest BCUT2D eigenvalue weighted by Gasteiger charge is -2.35. The zero-order valence-corrected chi connectivity index (χ0v) is 16.0. The highest BCUT2D eigenvalue weighted by atomic mass is 35.5. The number of piperidine rings is 1. The third-order valence-corrected chi connectivity index (χ3v) is 5.09. The van der Waals surface area contributed by atoms with E-state index < -0.39 is 0 Å². The molecule has 1 aromatic carbocycles. The van der Waals surface area contributed by atoms with E-state index in [0.717, 1.165) is 43.1 Å². The third-order valence-electron chi connectivity index (χ3n) is 4.86. The summed E-state index contributed by atoms with van der Waals surface area (Å²) >= 11 is 6.22. The second-order valence-electron chi connectivity index (χ2n) is 8.00. The maximum Gasteiger partial charge on any atom is 0.0909 e. The standard InChI is InChI=1S/C21H30ClNO/c1-15(12-16(2)24)23-10-8-17(9-11-23)13-18-6-7-19(22)14-20(18)21(3,4)5/h6-7,14,17,24H,1-2,8-13H2,3-5H3. The molecule has 0 saturated carbocycles. The van der Waals surface area contributed by atoms with Gasteiger partial charge in [0, 0.05) is 30.2 Å². The van der Waals surface area contributed by atoms with Crippen LogP contribution in [-0.2, 0) is 11.8 Å². The molecule has 1 fully saturated rings. The molecule has 1 aliphatic heterocycles. The number of hydrogen-bond acceptors (Lipinski definition) is 2. The van der Waals surface area contributed by atoms with E-state index in [1.807, 2.05) is 6.07 Å². The van der Waals surface area contributed by atoms with Crippen LogP contribution >= 0.6 is 11.6 Å². The predicted octanol–water partition coefficient (Wildman–Crippen LogP) is 5.87. The lowest BCUT2D eigenvalue weighted by Crippen LogP contribution is -2.33. The molecule has 3 heteroatoms. The molecule has 1 aromatic rings. The molecule has 1 saturated heterocycles. The fourth-order valence-corrected chi connectivity index (χ4v) is 3.71. The van der Waals surface area contributed by atoms with E-state index in [9.17, 15) is 5.11 Å². The fraction of sp³-hybridized carbons (Fsp3) is 0.524.